The second-order valence-corrected chi connectivity index (χ2v) is 6.05. The van der Waals surface area contributed by atoms with Crippen LogP contribution in [-0.4, -0.2) is 41.9 Å². The molecule has 0 saturated carbocycles. The molecular formula is C10H10F3N5O3S. The Morgan fingerprint density at radius 1 is 1.23 bits per heavy atom. The van der Waals surface area contributed by atoms with Crippen LogP contribution in [0.1, 0.15) is 5.69 Å². The van der Waals surface area contributed by atoms with Crippen LogP contribution in [-0.2, 0) is 16.0 Å². The number of sulfone groups is 1. The van der Waals surface area contributed by atoms with Gasteiger partial charge in [-0.25, -0.2) is 23.5 Å². The van der Waals surface area contributed by atoms with E-state index < -0.39 is 26.9 Å². The lowest BCUT2D eigenvalue weighted by atomic mass is 10.4. The molecule has 120 valence electrons. The number of rotatable bonds is 4. The summed E-state index contributed by atoms with van der Waals surface area (Å²) in [6, 6.07) is 1.94. The number of nitrogens with zero attached hydrogens (tertiary/aromatic N) is 3. The van der Waals surface area contributed by atoms with E-state index in [2.05, 4.69) is 25.5 Å². The first-order valence-electron chi connectivity index (χ1n) is 5.62. The number of anilines is 2. The quantitative estimate of drug-likeness (QED) is 0.811. The van der Waals surface area contributed by atoms with Gasteiger partial charge in [0.25, 0.3) is 0 Å². The smallest absolute Gasteiger partial charge is 0.433 e. The van der Waals surface area contributed by atoms with Gasteiger partial charge >= 0.3 is 6.18 Å². The molecular weight excluding hydrogens is 327 g/mol. The largest absolute Gasteiger partial charge is 0.481 e. The molecule has 0 aliphatic rings. The summed E-state index contributed by atoms with van der Waals surface area (Å²) >= 11 is 0. The lowest BCUT2D eigenvalue weighted by Crippen LogP contribution is -2.14. The fourth-order valence-corrected chi connectivity index (χ4v) is 1.93. The molecule has 2 heterocycles. The van der Waals surface area contributed by atoms with Crippen molar-refractivity contribution in [2.24, 2.45) is 0 Å². The van der Waals surface area contributed by atoms with Gasteiger partial charge in [0.1, 0.15) is 5.82 Å². The van der Waals surface area contributed by atoms with Crippen LogP contribution in [0.25, 0.3) is 0 Å². The third kappa shape index (κ3) is 3.63. The molecule has 2 N–H and O–H groups in total. The highest BCUT2D eigenvalue weighted by atomic mass is 32.2. The standard InChI is InChI=1S/C10H10F3N5O3S/c1-21-8-4-7(17-18-8)15-6-3-5(10(11,12)13)14-9(16-6)22(2,19)20/h3-4H,1-2H3,(H2,14,15,16,17,18). The molecule has 0 aromatic carbocycles. The molecule has 12 heteroatoms. The van der Waals surface area contributed by atoms with E-state index >= 15 is 0 Å². The van der Waals surface area contributed by atoms with Gasteiger partial charge in [-0.3, -0.25) is 0 Å². The Morgan fingerprint density at radius 2 is 1.91 bits per heavy atom. The summed E-state index contributed by atoms with van der Waals surface area (Å²) < 4.78 is 66.0. The van der Waals surface area contributed by atoms with Crippen LogP contribution in [0.4, 0.5) is 24.8 Å². The van der Waals surface area contributed by atoms with Gasteiger partial charge in [-0.1, -0.05) is 0 Å². The van der Waals surface area contributed by atoms with Crippen LogP contribution in [0.2, 0.25) is 0 Å². The van der Waals surface area contributed by atoms with E-state index in [1.807, 2.05) is 0 Å². The summed E-state index contributed by atoms with van der Waals surface area (Å²) in [4.78, 5) is 6.57. The zero-order valence-electron chi connectivity index (χ0n) is 11.3. The summed E-state index contributed by atoms with van der Waals surface area (Å²) in [5, 5.41) is 7.67. The normalized spacial score (nSPS) is 12.2. The van der Waals surface area contributed by atoms with Crippen molar-refractivity contribution in [2.75, 3.05) is 18.7 Å². The number of ether oxygens (including phenoxy) is 1. The van der Waals surface area contributed by atoms with Crippen LogP contribution in [0.3, 0.4) is 0 Å². The van der Waals surface area contributed by atoms with Crippen LogP contribution < -0.4 is 10.1 Å². The highest BCUT2D eigenvalue weighted by molar-refractivity contribution is 7.90. The zero-order chi connectivity index (χ0) is 16.5. The van der Waals surface area contributed by atoms with Crippen molar-refractivity contribution in [1.29, 1.82) is 0 Å². The molecule has 0 aliphatic carbocycles. The van der Waals surface area contributed by atoms with Gasteiger partial charge < -0.3 is 10.1 Å². The number of methoxy groups -OCH3 is 1. The van der Waals surface area contributed by atoms with E-state index in [-0.39, 0.29) is 17.5 Å². The molecule has 0 radical (unpaired) electrons. The van der Waals surface area contributed by atoms with Crippen molar-refractivity contribution in [2.45, 2.75) is 11.3 Å². The van der Waals surface area contributed by atoms with Gasteiger partial charge in [-0.15, -0.1) is 0 Å². The molecule has 0 aliphatic heterocycles. The Labute approximate surface area is 122 Å². The lowest BCUT2D eigenvalue weighted by Gasteiger charge is -2.09. The van der Waals surface area contributed by atoms with Crippen LogP contribution in [0, 0.1) is 0 Å². The molecule has 0 fully saturated rings. The molecule has 2 rings (SSSR count). The van der Waals surface area contributed by atoms with Gasteiger partial charge in [0.2, 0.25) is 20.9 Å². The monoisotopic (exact) mass is 337 g/mol. The topological polar surface area (TPSA) is 110 Å². The summed E-state index contributed by atoms with van der Waals surface area (Å²) in [6.45, 7) is 0. The minimum atomic E-state index is -4.82. The Hall–Kier alpha value is -2.37. The maximum absolute atomic E-state index is 12.8. The molecule has 22 heavy (non-hydrogen) atoms. The van der Waals surface area contributed by atoms with Crippen molar-refractivity contribution in [1.82, 2.24) is 20.2 Å². The summed E-state index contributed by atoms with van der Waals surface area (Å²) in [6.07, 6.45) is -4.11. The Morgan fingerprint density at radius 3 is 2.41 bits per heavy atom. The fraction of sp³-hybridized carbons (Fsp3) is 0.300. The Bertz CT molecular complexity index is 787. The first-order chi connectivity index (χ1) is 10.1. The predicted octanol–water partition coefficient (Wildman–Crippen LogP) is 1.37. The number of nitrogens with one attached hydrogen (secondary N) is 2. The third-order valence-corrected chi connectivity index (χ3v) is 3.20. The van der Waals surface area contributed by atoms with E-state index in [0.717, 1.165) is 0 Å². The molecule has 0 atom stereocenters. The minimum absolute atomic E-state index is 0.100. The number of hydrogen-bond donors (Lipinski definition) is 2. The van der Waals surface area contributed by atoms with E-state index in [1.165, 1.54) is 13.2 Å². The first-order valence-corrected chi connectivity index (χ1v) is 7.51. The molecule has 2 aromatic rings. The number of aromatic amines is 1. The van der Waals surface area contributed by atoms with Gasteiger partial charge in [-0.2, -0.15) is 18.3 Å². The summed E-state index contributed by atoms with van der Waals surface area (Å²) in [5.74, 6) is -0.00374. The predicted molar refractivity (Wildman–Crippen MR) is 68.6 cm³/mol. The Balaban J connectivity index is 2.46. The fourth-order valence-electron chi connectivity index (χ4n) is 1.40. The van der Waals surface area contributed by atoms with E-state index in [4.69, 9.17) is 4.74 Å². The number of alkyl halides is 3. The van der Waals surface area contributed by atoms with E-state index in [0.29, 0.717) is 12.3 Å². The number of halogens is 3. The second-order valence-electron chi connectivity index (χ2n) is 4.14. The summed E-state index contributed by atoms with van der Waals surface area (Å²) in [7, 11) is -2.65. The SMILES string of the molecule is COc1cc(Nc2cc(C(F)(F)F)nc(S(C)(=O)=O)n2)n[nH]1. The van der Waals surface area contributed by atoms with Gasteiger partial charge in [0.05, 0.1) is 7.11 Å². The van der Waals surface area contributed by atoms with Crippen molar-refractivity contribution < 1.29 is 26.3 Å². The highest BCUT2D eigenvalue weighted by Crippen LogP contribution is 2.30. The van der Waals surface area contributed by atoms with Gasteiger partial charge in [0, 0.05) is 18.4 Å². The highest BCUT2D eigenvalue weighted by Gasteiger charge is 2.34. The second kappa shape index (κ2) is 5.44. The molecule has 8 nitrogen and oxygen atoms in total. The van der Waals surface area contributed by atoms with E-state index in [1.54, 1.807) is 0 Å². The first kappa shape index (κ1) is 16.0. The molecule has 2 aromatic heterocycles. The lowest BCUT2D eigenvalue weighted by molar-refractivity contribution is -0.141. The van der Waals surface area contributed by atoms with Crippen molar-refractivity contribution in [3.05, 3.63) is 17.8 Å². The summed E-state index contributed by atoms with van der Waals surface area (Å²) in [5.41, 5.74) is -1.38. The van der Waals surface area contributed by atoms with Crippen molar-refractivity contribution in [3.63, 3.8) is 0 Å². The van der Waals surface area contributed by atoms with Gasteiger partial charge in [-0.05, 0) is 0 Å². The number of H-pyrrole nitrogens is 1. The average molecular weight is 337 g/mol. The zero-order valence-corrected chi connectivity index (χ0v) is 12.1. The average Bonchev–Trinajstić information content (AvgIpc) is 2.84. The van der Waals surface area contributed by atoms with Crippen LogP contribution >= 0.6 is 0 Å². The van der Waals surface area contributed by atoms with E-state index in [9.17, 15) is 21.6 Å². The molecule has 0 unspecified atom stereocenters. The van der Waals surface area contributed by atoms with Crippen molar-refractivity contribution in [3.8, 4) is 5.88 Å². The molecule has 0 amide bonds. The molecule has 0 bridgehead atoms. The number of hydrogen-bond acceptors (Lipinski definition) is 7. The molecule has 0 spiro atoms. The van der Waals surface area contributed by atoms with Gasteiger partial charge in [0.15, 0.2) is 11.5 Å². The Kier molecular flexibility index (Phi) is 3.96. The van der Waals surface area contributed by atoms with Crippen LogP contribution in [0.15, 0.2) is 17.3 Å². The number of aromatic nitrogens is 4. The van der Waals surface area contributed by atoms with Crippen LogP contribution in [0.5, 0.6) is 5.88 Å². The minimum Gasteiger partial charge on any atom is -0.481 e. The molecule has 0 saturated heterocycles. The maximum Gasteiger partial charge on any atom is 0.433 e. The third-order valence-electron chi connectivity index (χ3n) is 2.36. The van der Waals surface area contributed by atoms with Crippen molar-refractivity contribution >= 4 is 21.5 Å². The maximum atomic E-state index is 12.8.